The molecule has 0 aliphatic carbocycles. The number of nitrogens with zero attached hydrogens (tertiary/aromatic N) is 1. The van der Waals surface area contributed by atoms with Gasteiger partial charge in [0.1, 0.15) is 5.82 Å². The lowest BCUT2D eigenvalue weighted by Crippen LogP contribution is -2.12. The lowest BCUT2D eigenvalue weighted by molar-refractivity contribution is 0.588. The van der Waals surface area contributed by atoms with E-state index in [4.69, 9.17) is 16.9 Å². The van der Waals surface area contributed by atoms with Crippen molar-refractivity contribution in [2.45, 2.75) is 11.8 Å². The van der Waals surface area contributed by atoms with Gasteiger partial charge in [0.15, 0.2) is 9.84 Å². The normalized spacial score (nSPS) is 13.1. The molecule has 0 fully saturated rings. The van der Waals surface area contributed by atoms with E-state index in [2.05, 4.69) is 0 Å². The summed E-state index contributed by atoms with van der Waals surface area (Å²) >= 11 is 5.49. The summed E-state index contributed by atoms with van der Waals surface area (Å²) in [6.45, 7) is 1.50. The van der Waals surface area contributed by atoms with Crippen LogP contribution in [0.2, 0.25) is 5.02 Å². The molecule has 0 saturated carbocycles. The minimum absolute atomic E-state index is 0.0685. The molecule has 1 unspecified atom stereocenters. The second kappa shape index (κ2) is 4.81. The first kappa shape index (κ1) is 12.9. The molecule has 1 aromatic rings. The highest BCUT2D eigenvalue weighted by Gasteiger charge is 2.19. The molecule has 16 heavy (non-hydrogen) atoms. The fraction of sp³-hybridized carbons (Fsp3) is 0.300. The van der Waals surface area contributed by atoms with E-state index in [0.29, 0.717) is 0 Å². The van der Waals surface area contributed by atoms with E-state index in [9.17, 15) is 12.8 Å². The summed E-state index contributed by atoms with van der Waals surface area (Å²) in [7, 11) is -3.58. The van der Waals surface area contributed by atoms with Crippen molar-refractivity contribution in [2.24, 2.45) is 5.92 Å². The van der Waals surface area contributed by atoms with Crippen LogP contribution in [-0.2, 0) is 9.84 Å². The number of sulfone groups is 1. The van der Waals surface area contributed by atoms with Gasteiger partial charge in [-0.15, -0.1) is 0 Å². The fourth-order valence-electron chi connectivity index (χ4n) is 1.13. The molecule has 0 N–H and O–H groups in total. The van der Waals surface area contributed by atoms with Crippen LogP contribution in [0.25, 0.3) is 0 Å². The monoisotopic (exact) mass is 261 g/mol. The van der Waals surface area contributed by atoms with E-state index in [-0.39, 0.29) is 15.7 Å². The third-order valence-corrected chi connectivity index (χ3v) is 4.14. The Morgan fingerprint density at radius 1 is 1.56 bits per heavy atom. The van der Waals surface area contributed by atoms with E-state index >= 15 is 0 Å². The van der Waals surface area contributed by atoms with Gasteiger partial charge in [0.05, 0.1) is 27.7 Å². The van der Waals surface area contributed by atoms with Crippen LogP contribution in [0.15, 0.2) is 23.1 Å². The Morgan fingerprint density at radius 3 is 2.69 bits per heavy atom. The van der Waals surface area contributed by atoms with Crippen molar-refractivity contribution in [2.75, 3.05) is 5.75 Å². The molecule has 1 aromatic carbocycles. The van der Waals surface area contributed by atoms with E-state index in [1.807, 2.05) is 6.07 Å². The second-order valence-electron chi connectivity index (χ2n) is 3.39. The van der Waals surface area contributed by atoms with E-state index in [1.54, 1.807) is 0 Å². The van der Waals surface area contributed by atoms with Crippen molar-refractivity contribution in [1.29, 1.82) is 5.26 Å². The predicted molar refractivity (Wildman–Crippen MR) is 58.2 cm³/mol. The molecule has 6 heteroatoms. The first-order chi connectivity index (χ1) is 7.36. The van der Waals surface area contributed by atoms with Crippen LogP contribution < -0.4 is 0 Å². The largest absolute Gasteiger partial charge is 0.224 e. The Balaban J connectivity index is 3.09. The number of nitriles is 1. The van der Waals surface area contributed by atoms with Gasteiger partial charge in [-0.25, -0.2) is 12.8 Å². The van der Waals surface area contributed by atoms with E-state index in [1.165, 1.54) is 6.92 Å². The summed E-state index contributed by atoms with van der Waals surface area (Å²) in [6, 6.07) is 5.01. The van der Waals surface area contributed by atoms with Gasteiger partial charge in [0, 0.05) is 0 Å². The number of hydrogen-bond donors (Lipinski definition) is 0. The molecule has 0 spiro atoms. The van der Waals surface area contributed by atoms with Crippen LogP contribution in [0.5, 0.6) is 0 Å². The van der Waals surface area contributed by atoms with Gasteiger partial charge < -0.3 is 0 Å². The molecule has 86 valence electrons. The van der Waals surface area contributed by atoms with Crippen LogP contribution in [0.4, 0.5) is 4.39 Å². The zero-order valence-corrected chi connectivity index (χ0v) is 10.0. The summed E-state index contributed by atoms with van der Waals surface area (Å²) in [4.78, 5) is -0.0685. The zero-order valence-electron chi connectivity index (χ0n) is 8.44. The van der Waals surface area contributed by atoms with Crippen molar-refractivity contribution in [3.05, 3.63) is 29.0 Å². The number of hydrogen-bond acceptors (Lipinski definition) is 3. The lowest BCUT2D eigenvalue weighted by Gasteiger charge is -2.06. The second-order valence-corrected chi connectivity index (χ2v) is 5.83. The molecule has 0 radical (unpaired) electrons. The van der Waals surface area contributed by atoms with Gasteiger partial charge >= 0.3 is 0 Å². The van der Waals surface area contributed by atoms with Crippen molar-refractivity contribution < 1.29 is 12.8 Å². The quantitative estimate of drug-likeness (QED) is 0.785. The van der Waals surface area contributed by atoms with E-state index < -0.39 is 21.6 Å². The summed E-state index contributed by atoms with van der Waals surface area (Å²) in [6.07, 6.45) is 0. The summed E-state index contributed by atoms with van der Waals surface area (Å²) in [5.74, 6) is -1.59. The van der Waals surface area contributed by atoms with Crippen LogP contribution in [0.1, 0.15) is 6.92 Å². The smallest absolute Gasteiger partial charge is 0.179 e. The standard InChI is InChI=1S/C10H9ClFNO2S/c1-7(5-13)6-16(14,15)8-2-3-10(12)9(11)4-8/h2-4,7H,6H2,1H3. The van der Waals surface area contributed by atoms with Crippen LogP contribution in [0.3, 0.4) is 0 Å². The zero-order chi connectivity index (χ0) is 12.3. The summed E-state index contributed by atoms with van der Waals surface area (Å²) in [5, 5.41) is 8.30. The van der Waals surface area contributed by atoms with Crippen molar-refractivity contribution >= 4 is 21.4 Å². The highest BCUT2D eigenvalue weighted by molar-refractivity contribution is 7.91. The molecule has 0 aliphatic heterocycles. The summed E-state index contributed by atoms with van der Waals surface area (Å²) in [5.41, 5.74) is 0. The van der Waals surface area contributed by atoms with Crippen LogP contribution in [0, 0.1) is 23.1 Å². The maximum Gasteiger partial charge on any atom is 0.179 e. The van der Waals surface area contributed by atoms with Gasteiger partial charge in [-0.3, -0.25) is 0 Å². The Labute approximate surface area is 98.4 Å². The van der Waals surface area contributed by atoms with Crippen molar-refractivity contribution in [3.63, 3.8) is 0 Å². The number of rotatable bonds is 3. The van der Waals surface area contributed by atoms with Gasteiger partial charge in [-0.2, -0.15) is 5.26 Å². The van der Waals surface area contributed by atoms with Gasteiger partial charge in [0.25, 0.3) is 0 Å². The molecular weight excluding hydrogens is 253 g/mol. The fourth-order valence-corrected chi connectivity index (χ4v) is 2.88. The highest BCUT2D eigenvalue weighted by atomic mass is 35.5. The topological polar surface area (TPSA) is 57.9 Å². The first-order valence-corrected chi connectivity index (χ1v) is 6.47. The average Bonchev–Trinajstić information content (AvgIpc) is 2.21. The molecule has 0 heterocycles. The molecule has 0 aromatic heterocycles. The minimum atomic E-state index is -3.58. The van der Waals surface area contributed by atoms with E-state index in [0.717, 1.165) is 18.2 Å². The molecule has 0 aliphatic rings. The third-order valence-electron chi connectivity index (χ3n) is 1.94. The number of benzene rings is 1. The molecule has 1 atom stereocenters. The molecular formula is C10H9ClFNO2S. The lowest BCUT2D eigenvalue weighted by atomic mass is 10.3. The molecule has 0 saturated heterocycles. The van der Waals surface area contributed by atoms with Crippen molar-refractivity contribution in [3.8, 4) is 6.07 Å². The third kappa shape index (κ3) is 2.94. The maximum atomic E-state index is 12.8. The van der Waals surface area contributed by atoms with Crippen molar-refractivity contribution in [1.82, 2.24) is 0 Å². The molecule has 3 nitrogen and oxygen atoms in total. The molecule has 0 bridgehead atoms. The van der Waals surface area contributed by atoms with Gasteiger partial charge in [-0.05, 0) is 25.1 Å². The molecule has 1 rings (SSSR count). The predicted octanol–water partition coefficient (Wildman–Crippen LogP) is 2.41. The Morgan fingerprint density at radius 2 is 2.19 bits per heavy atom. The van der Waals surface area contributed by atoms with Gasteiger partial charge in [0.2, 0.25) is 0 Å². The minimum Gasteiger partial charge on any atom is -0.224 e. The Hall–Kier alpha value is -1.12. The average molecular weight is 262 g/mol. The highest BCUT2D eigenvalue weighted by Crippen LogP contribution is 2.21. The number of halogens is 2. The SMILES string of the molecule is CC(C#N)CS(=O)(=O)c1ccc(F)c(Cl)c1. The Bertz CT molecular complexity index is 536. The maximum absolute atomic E-state index is 12.8. The first-order valence-electron chi connectivity index (χ1n) is 4.44. The van der Waals surface area contributed by atoms with Gasteiger partial charge in [-0.1, -0.05) is 11.6 Å². The van der Waals surface area contributed by atoms with Crippen LogP contribution >= 0.6 is 11.6 Å². The summed E-state index contributed by atoms with van der Waals surface area (Å²) < 4.78 is 36.3. The molecule has 0 amide bonds. The van der Waals surface area contributed by atoms with Crippen LogP contribution in [-0.4, -0.2) is 14.2 Å². The Kier molecular flexibility index (Phi) is 3.89.